The minimum Gasteiger partial charge on any atom is -0.497 e. The van der Waals surface area contributed by atoms with Gasteiger partial charge in [0, 0.05) is 19.6 Å². The van der Waals surface area contributed by atoms with Crippen LogP contribution in [0.3, 0.4) is 0 Å². The van der Waals surface area contributed by atoms with Crippen molar-refractivity contribution in [1.29, 1.82) is 5.26 Å². The molecule has 0 bridgehead atoms. The van der Waals surface area contributed by atoms with Gasteiger partial charge in [-0.3, -0.25) is 0 Å². The molecular formula is C26H28N4O4S. The van der Waals surface area contributed by atoms with Gasteiger partial charge in [-0.05, 0) is 65.6 Å². The van der Waals surface area contributed by atoms with E-state index in [4.69, 9.17) is 4.74 Å². The number of likely N-dealkylation sites (tertiary alicyclic amines) is 1. The average molecular weight is 493 g/mol. The molecule has 9 heteroatoms. The van der Waals surface area contributed by atoms with Crippen LogP contribution in [0.5, 0.6) is 5.75 Å². The van der Waals surface area contributed by atoms with Crippen molar-refractivity contribution in [3.05, 3.63) is 71.8 Å². The number of carbonyl (C=O) groups is 1. The third-order valence-corrected chi connectivity index (χ3v) is 7.71. The van der Waals surface area contributed by atoms with Gasteiger partial charge in [-0.25, -0.2) is 10.2 Å². The first-order valence-electron chi connectivity index (χ1n) is 11.6. The summed E-state index contributed by atoms with van der Waals surface area (Å²) in [6.07, 6.45) is 3.70. The van der Waals surface area contributed by atoms with Crippen molar-refractivity contribution >= 4 is 26.8 Å². The highest BCUT2D eigenvalue weighted by atomic mass is 32.2. The Morgan fingerprint density at radius 2 is 1.74 bits per heavy atom. The van der Waals surface area contributed by atoms with Crippen LogP contribution in [0.2, 0.25) is 0 Å². The Morgan fingerprint density at radius 3 is 2.46 bits per heavy atom. The number of nitrogens with zero attached hydrogens (tertiary/aromatic N) is 3. The fraction of sp³-hybridized carbons (Fsp3) is 0.308. The number of nitrogens with one attached hydrogen (secondary N) is 1. The molecule has 0 spiro atoms. The summed E-state index contributed by atoms with van der Waals surface area (Å²) >= 11 is 0. The van der Waals surface area contributed by atoms with E-state index in [1.165, 1.54) is 6.07 Å². The summed E-state index contributed by atoms with van der Waals surface area (Å²) in [4.78, 5) is 15.1. The summed E-state index contributed by atoms with van der Waals surface area (Å²) in [6.45, 7) is 1.08. The van der Waals surface area contributed by atoms with Crippen LogP contribution in [-0.2, 0) is 16.6 Å². The first kappa shape index (κ1) is 24.5. The minimum absolute atomic E-state index is 0.0108. The Labute approximate surface area is 205 Å². The lowest BCUT2D eigenvalue weighted by Crippen LogP contribution is -2.52. The number of hydrogen-bond donors (Lipinski definition) is 1. The third-order valence-electron chi connectivity index (χ3n) is 6.09. The maximum absolute atomic E-state index is 13.8. The summed E-state index contributed by atoms with van der Waals surface area (Å²) < 4.78 is 33.5. The molecule has 1 aliphatic rings. The van der Waals surface area contributed by atoms with E-state index in [0.717, 1.165) is 40.9 Å². The predicted octanol–water partition coefficient (Wildman–Crippen LogP) is 4.41. The van der Waals surface area contributed by atoms with Crippen molar-refractivity contribution in [3.63, 3.8) is 0 Å². The van der Waals surface area contributed by atoms with Gasteiger partial charge in [0.1, 0.15) is 5.75 Å². The molecule has 0 atom stereocenters. The Bertz CT molecular complexity index is 1360. The van der Waals surface area contributed by atoms with Crippen molar-refractivity contribution < 1.29 is 17.9 Å². The van der Waals surface area contributed by atoms with E-state index in [0.29, 0.717) is 30.0 Å². The number of fused-ring (bicyclic) bond motifs is 1. The number of rotatable bonds is 6. The smallest absolute Gasteiger partial charge is 0.348 e. The molecule has 0 aromatic heterocycles. The minimum atomic E-state index is -4.22. The first-order chi connectivity index (χ1) is 16.9. The zero-order valence-electron chi connectivity index (χ0n) is 19.6. The maximum Gasteiger partial charge on any atom is 0.348 e. The standard InChI is InChI=1S/C26H28N4O4S/c1-34-24-11-9-23-17-25(12-10-22(23)16-24)35(32,33)30(26(31)29-13-4-2-3-5-14-29)28-19-21-8-6-7-20(15-21)18-27/h6-12,15-17,28H,2-5,13-14,19H2,1H3. The average Bonchev–Trinajstić information content (AvgIpc) is 3.18. The summed E-state index contributed by atoms with van der Waals surface area (Å²) in [5, 5.41) is 10.7. The first-order valence-corrected chi connectivity index (χ1v) is 13.0. The van der Waals surface area contributed by atoms with Crippen LogP contribution in [0.1, 0.15) is 36.8 Å². The van der Waals surface area contributed by atoms with Gasteiger partial charge in [0.2, 0.25) is 0 Å². The highest BCUT2D eigenvalue weighted by molar-refractivity contribution is 7.89. The monoisotopic (exact) mass is 492 g/mol. The summed E-state index contributed by atoms with van der Waals surface area (Å²) in [5.74, 6) is 0.673. The molecule has 8 nitrogen and oxygen atoms in total. The van der Waals surface area contributed by atoms with Crippen molar-refractivity contribution in [2.45, 2.75) is 37.1 Å². The van der Waals surface area contributed by atoms with Crippen LogP contribution in [0.4, 0.5) is 4.79 Å². The molecule has 35 heavy (non-hydrogen) atoms. The number of methoxy groups -OCH3 is 1. The van der Waals surface area contributed by atoms with E-state index in [1.54, 1.807) is 60.5 Å². The molecule has 1 aliphatic heterocycles. The second-order valence-corrected chi connectivity index (χ2v) is 10.3. The van der Waals surface area contributed by atoms with Crippen LogP contribution in [-0.4, -0.2) is 44.0 Å². The normalized spacial score (nSPS) is 14.2. The van der Waals surface area contributed by atoms with E-state index in [1.807, 2.05) is 6.07 Å². The highest BCUT2D eigenvalue weighted by Gasteiger charge is 2.33. The fourth-order valence-electron chi connectivity index (χ4n) is 4.15. The number of benzene rings is 3. The molecule has 1 fully saturated rings. The molecule has 1 N–H and O–H groups in total. The van der Waals surface area contributed by atoms with Crippen molar-refractivity contribution in [2.24, 2.45) is 0 Å². The molecule has 0 saturated carbocycles. The zero-order chi connectivity index (χ0) is 24.8. The molecule has 3 aromatic carbocycles. The molecule has 2 amide bonds. The summed E-state index contributed by atoms with van der Waals surface area (Å²) in [5.41, 5.74) is 3.99. The molecule has 3 aromatic rings. The van der Waals surface area contributed by atoms with Gasteiger partial charge in [-0.15, -0.1) is 4.41 Å². The molecule has 1 saturated heterocycles. The van der Waals surface area contributed by atoms with Gasteiger partial charge < -0.3 is 9.64 Å². The van der Waals surface area contributed by atoms with Gasteiger partial charge in [0.15, 0.2) is 0 Å². The molecular weight excluding hydrogens is 464 g/mol. The number of hydrazine groups is 1. The lowest BCUT2D eigenvalue weighted by molar-refractivity contribution is 0.165. The van der Waals surface area contributed by atoms with E-state index < -0.39 is 16.1 Å². The van der Waals surface area contributed by atoms with E-state index >= 15 is 0 Å². The fourth-order valence-corrected chi connectivity index (χ4v) is 5.44. The number of urea groups is 1. The third kappa shape index (κ3) is 5.56. The maximum atomic E-state index is 13.8. The van der Waals surface area contributed by atoms with E-state index in [-0.39, 0.29) is 11.4 Å². The van der Waals surface area contributed by atoms with Crippen LogP contribution in [0.25, 0.3) is 10.8 Å². The van der Waals surface area contributed by atoms with Gasteiger partial charge in [-0.1, -0.05) is 37.1 Å². The predicted molar refractivity (Wildman–Crippen MR) is 133 cm³/mol. The van der Waals surface area contributed by atoms with E-state index in [9.17, 15) is 18.5 Å². The van der Waals surface area contributed by atoms with Crippen LogP contribution in [0.15, 0.2) is 65.6 Å². The molecule has 0 unspecified atom stereocenters. The number of carbonyl (C=O) groups excluding carboxylic acids is 1. The number of ether oxygens (including phenoxy) is 1. The van der Waals surface area contributed by atoms with Gasteiger partial charge in [0.25, 0.3) is 10.0 Å². The van der Waals surface area contributed by atoms with Crippen LogP contribution < -0.4 is 10.2 Å². The van der Waals surface area contributed by atoms with Gasteiger partial charge in [-0.2, -0.15) is 13.7 Å². The topological polar surface area (TPSA) is 103 Å². The van der Waals surface area contributed by atoms with Gasteiger partial charge in [0.05, 0.1) is 23.6 Å². The van der Waals surface area contributed by atoms with Crippen molar-refractivity contribution in [1.82, 2.24) is 14.7 Å². The Hall–Kier alpha value is -3.61. The molecule has 1 heterocycles. The number of amides is 2. The number of hydrogen-bond acceptors (Lipinski definition) is 6. The molecule has 182 valence electrons. The van der Waals surface area contributed by atoms with E-state index in [2.05, 4.69) is 11.5 Å². The van der Waals surface area contributed by atoms with Crippen LogP contribution >= 0.6 is 0 Å². The van der Waals surface area contributed by atoms with Crippen LogP contribution in [0, 0.1) is 11.3 Å². The quantitative estimate of drug-likeness (QED) is 0.511. The number of sulfonamides is 1. The SMILES string of the molecule is COc1ccc2cc(S(=O)(=O)N(NCc3cccc(C#N)c3)C(=O)N3CCCCCC3)ccc2c1. The number of nitriles is 1. The largest absolute Gasteiger partial charge is 0.497 e. The zero-order valence-corrected chi connectivity index (χ0v) is 20.4. The highest BCUT2D eigenvalue weighted by Crippen LogP contribution is 2.26. The summed E-state index contributed by atoms with van der Waals surface area (Å²) in [7, 11) is -2.65. The Balaban J connectivity index is 1.68. The summed E-state index contributed by atoms with van der Waals surface area (Å²) in [6, 6.07) is 18.4. The van der Waals surface area contributed by atoms with Crippen molar-refractivity contribution in [3.8, 4) is 11.8 Å². The second kappa shape index (κ2) is 10.8. The second-order valence-electron chi connectivity index (χ2n) is 8.48. The Kier molecular flexibility index (Phi) is 7.54. The van der Waals surface area contributed by atoms with Crippen molar-refractivity contribution in [2.75, 3.05) is 20.2 Å². The van der Waals surface area contributed by atoms with Gasteiger partial charge >= 0.3 is 6.03 Å². The molecule has 4 rings (SSSR count). The molecule has 0 radical (unpaired) electrons. The Morgan fingerprint density at radius 1 is 1.03 bits per heavy atom. The lowest BCUT2D eigenvalue weighted by atomic mass is 10.1. The molecule has 0 aliphatic carbocycles. The lowest BCUT2D eigenvalue weighted by Gasteiger charge is -2.29.